The molecule has 1 amide bonds. The number of carbonyl (C=O) groups excluding carboxylic acids is 1. The molecule has 0 aliphatic carbocycles. The molecular formula is C15H22FN2O+. The number of benzene rings is 1. The topological polar surface area (TPSA) is 33.5 Å². The van der Waals surface area contributed by atoms with E-state index in [0.29, 0.717) is 11.6 Å². The molecule has 3 nitrogen and oxygen atoms in total. The minimum atomic E-state index is -0.329. The van der Waals surface area contributed by atoms with Gasteiger partial charge in [-0.3, -0.25) is 4.79 Å². The molecule has 0 spiro atoms. The van der Waals surface area contributed by atoms with Gasteiger partial charge < -0.3 is 10.2 Å². The van der Waals surface area contributed by atoms with Crippen molar-refractivity contribution in [3.8, 4) is 0 Å². The molecule has 4 heteroatoms. The Kier molecular flexibility index (Phi) is 4.53. The van der Waals surface area contributed by atoms with Gasteiger partial charge in [-0.25, -0.2) is 4.39 Å². The summed E-state index contributed by atoms with van der Waals surface area (Å²) < 4.78 is 13.1. The lowest BCUT2D eigenvalue weighted by atomic mass is 9.99. The third kappa shape index (κ3) is 3.77. The van der Waals surface area contributed by atoms with Gasteiger partial charge in [0.15, 0.2) is 6.04 Å². The normalized spacial score (nSPS) is 24.8. The zero-order chi connectivity index (χ0) is 13.8. The predicted octanol–water partition coefficient (Wildman–Crippen LogP) is 1.47. The molecule has 0 saturated carbocycles. The van der Waals surface area contributed by atoms with Gasteiger partial charge in [0.25, 0.3) is 5.91 Å². The average molecular weight is 265 g/mol. The van der Waals surface area contributed by atoms with E-state index in [9.17, 15) is 9.18 Å². The summed E-state index contributed by atoms with van der Waals surface area (Å²) in [6.07, 6.45) is 2.43. The van der Waals surface area contributed by atoms with Crippen molar-refractivity contribution in [2.45, 2.75) is 32.7 Å². The molecule has 2 N–H and O–H groups in total. The largest absolute Gasteiger partial charge is 0.325 e. The van der Waals surface area contributed by atoms with Gasteiger partial charge in [0.05, 0.1) is 13.1 Å². The van der Waals surface area contributed by atoms with Gasteiger partial charge in [-0.2, -0.15) is 0 Å². The highest BCUT2D eigenvalue weighted by Crippen LogP contribution is 2.10. The van der Waals surface area contributed by atoms with Crippen molar-refractivity contribution < 1.29 is 14.1 Å². The summed E-state index contributed by atoms with van der Waals surface area (Å²) in [6, 6.07) is 5.94. The van der Waals surface area contributed by atoms with Crippen molar-refractivity contribution in [2.24, 2.45) is 5.92 Å². The van der Waals surface area contributed by atoms with Crippen LogP contribution in [0.15, 0.2) is 24.3 Å². The lowest BCUT2D eigenvalue weighted by molar-refractivity contribution is -0.922. The van der Waals surface area contributed by atoms with Gasteiger partial charge >= 0.3 is 0 Å². The van der Waals surface area contributed by atoms with Crippen LogP contribution in [-0.2, 0) is 4.79 Å². The Hall–Kier alpha value is -1.42. The number of quaternary nitrogens is 1. The highest BCUT2D eigenvalue weighted by molar-refractivity contribution is 5.93. The SMILES string of the molecule is C[C@H]1CCC[NH+]([C@@H](C)C(=O)Nc2cccc(F)c2)C1. The van der Waals surface area contributed by atoms with E-state index < -0.39 is 0 Å². The smallest absolute Gasteiger partial charge is 0.282 e. The maximum absolute atomic E-state index is 13.1. The molecule has 0 radical (unpaired) electrons. The fourth-order valence-corrected chi connectivity index (χ4v) is 2.72. The first-order chi connectivity index (χ1) is 9.06. The number of amides is 1. The van der Waals surface area contributed by atoms with Crippen molar-refractivity contribution in [3.05, 3.63) is 30.1 Å². The third-order valence-corrected chi connectivity index (χ3v) is 3.90. The second kappa shape index (κ2) is 6.15. The van der Waals surface area contributed by atoms with E-state index >= 15 is 0 Å². The summed E-state index contributed by atoms with van der Waals surface area (Å²) >= 11 is 0. The van der Waals surface area contributed by atoms with Crippen molar-refractivity contribution in [2.75, 3.05) is 18.4 Å². The van der Waals surface area contributed by atoms with Crippen LogP contribution in [-0.4, -0.2) is 25.0 Å². The van der Waals surface area contributed by atoms with Crippen LogP contribution in [0.1, 0.15) is 26.7 Å². The molecular weight excluding hydrogens is 243 g/mol. The Bertz CT molecular complexity index is 450. The number of halogens is 1. The summed E-state index contributed by atoms with van der Waals surface area (Å²) in [7, 11) is 0. The minimum Gasteiger partial charge on any atom is -0.325 e. The number of nitrogens with one attached hydrogen (secondary N) is 2. The molecule has 1 aliphatic heterocycles. The van der Waals surface area contributed by atoms with E-state index in [-0.39, 0.29) is 17.8 Å². The molecule has 0 bridgehead atoms. The van der Waals surface area contributed by atoms with E-state index in [1.165, 1.54) is 29.9 Å². The van der Waals surface area contributed by atoms with E-state index in [4.69, 9.17) is 0 Å². The van der Waals surface area contributed by atoms with Gasteiger partial charge in [-0.1, -0.05) is 13.0 Å². The van der Waals surface area contributed by atoms with Gasteiger partial charge in [0.1, 0.15) is 5.82 Å². The fraction of sp³-hybridized carbons (Fsp3) is 0.533. The van der Waals surface area contributed by atoms with Crippen molar-refractivity contribution in [1.29, 1.82) is 0 Å². The molecule has 1 aliphatic rings. The summed E-state index contributed by atoms with van der Waals surface area (Å²) in [5.41, 5.74) is 0.529. The summed E-state index contributed by atoms with van der Waals surface area (Å²) in [5.74, 6) is 0.312. The second-order valence-electron chi connectivity index (χ2n) is 5.58. The number of hydrogen-bond acceptors (Lipinski definition) is 1. The quantitative estimate of drug-likeness (QED) is 0.852. The van der Waals surface area contributed by atoms with Gasteiger partial charge in [0, 0.05) is 11.6 Å². The van der Waals surface area contributed by atoms with E-state index in [0.717, 1.165) is 13.1 Å². The van der Waals surface area contributed by atoms with Crippen LogP contribution in [0.2, 0.25) is 0 Å². The first-order valence-electron chi connectivity index (χ1n) is 6.97. The van der Waals surface area contributed by atoms with E-state index in [1.807, 2.05) is 6.92 Å². The minimum absolute atomic E-state index is 0.0327. The number of rotatable bonds is 3. The Morgan fingerprint density at radius 2 is 2.32 bits per heavy atom. The predicted molar refractivity (Wildman–Crippen MR) is 73.6 cm³/mol. The summed E-state index contributed by atoms with van der Waals surface area (Å²) in [5, 5.41) is 2.79. The summed E-state index contributed by atoms with van der Waals surface area (Å²) in [4.78, 5) is 13.5. The molecule has 1 fully saturated rings. The molecule has 1 aromatic rings. The fourth-order valence-electron chi connectivity index (χ4n) is 2.72. The van der Waals surface area contributed by atoms with Crippen LogP contribution in [0.5, 0.6) is 0 Å². The molecule has 1 saturated heterocycles. The maximum Gasteiger partial charge on any atom is 0.282 e. The molecule has 2 rings (SSSR count). The zero-order valence-corrected chi connectivity index (χ0v) is 11.6. The molecule has 19 heavy (non-hydrogen) atoms. The lowest BCUT2D eigenvalue weighted by Crippen LogP contribution is -3.17. The first-order valence-corrected chi connectivity index (χ1v) is 6.97. The molecule has 1 aromatic carbocycles. The highest BCUT2D eigenvalue weighted by Gasteiger charge is 2.29. The zero-order valence-electron chi connectivity index (χ0n) is 11.6. The van der Waals surface area contributed by atoms with Gasteiger partial charge in [-0.15, -0.1) is 0 Å². The number of piperidine rings is 1. The van der Waals surface area contributed by atoms with Crippen LogP contribution in [0.4, 0.5) is 10.1 Å². The lowest BCUT2D eigenvalue weighted by Gasteiger charge is -2.31. The number of hydrogen-bond donors (Lipinski definition) is 2. The Morgan fingerprint density at radius 3 is 3.00 bits per heavy atom. The van der Waals surface area contributed by atoms with Gasteiger partial charge in [-0.05, 0) is 38.0 Å². The number of anilines is 1. The summed E-state index contributed by atoms with van der Waals surface area (Å²) in [6.45, 7) is 6.26. The van der Waals surface area contributed by atoms with Gasteiger partial charge in [0.2, 0.25) is 0 Å². The maximum atomic E-state index is 13.1. The highest BCUT2D eigenvalue weighted by atomic mass is 19.1. The van der Waals surface area contributed by atoms with Crippen LogP contribution in [0.25, 0.3) is 0 Å². The van der Waals surface area contributed by atoms with E-state index in [2.05, 4.69) is 12.2 Å². The molecule has 1 heterocycles. The standard InChI is InChI=1S/C15H21FN2O/c1-11-5-4-8-18(10-11)12(2)15(19)17-14-7-3-6-13(16)9-14/h3,6-7,9,11-12H,4-5,8,10H2,1-2H3,(H,17,19)/p+1/t11-,12-/m0/s1. The van der Waals surface area contributed by atoms with Crippen molar-refractivity contribution in [3.63, 3.8) is 0 Å². The van der Waals surface area contributed by atoms with Crippen LogP contribution < -0.4 is 10.2 Å². The van der Waals surface area contributed by atoms with Crippen LogP contribution in [0, 0.1) is 11.7 Å². The second-order valence-corrected chi connectivity index (χ2v) is 5.58. The molecule has 0 aromatic heterocycles. The monoisotopic (exact) mass is 265 g/mol. The third-order valence-electron chi connectivity index (χ3n) is 3.90. The van der Waals surface area contributed by atoms with Crippen LogP contribution in [0.3, 0.4) is 0 Å². The Labute approximate surface area is 113 Å². The number of carbonyl (C=O) groups is 1. The Balaban J connectivity index is 1.95. The van der Waals surface area contributed by atoms with E-state index in [1.54, 1.807) is 12.1 Å². The van der Waals surface area contributed by atoms with Crippen molar-refractivity contribution >= 4 is 11.6 Å². The molecule has 1 unspecified atom stereocenters. The van der Waals surface area contributed by atoms with Crippen LogP contribution >= 0.6 is 0 Å². The molecule has 104 valence electrons. The Morgan fingerprint density at radius 1 is 1.53 bits per heavy atom. The average Bonchev–Trinajstić information content (AvgIpc) is 2.38. The molecule has 3 atom stereocenters. The van der Waals surface area contributed by atoms with Crippen molar-refractivity contribution in [1.82, 2.24) is 0 Å². The first kappa shape index (κ1) is 14.0. The number of likely N-dealkylation sites (tertiary alicyclic amines) is 1.